The Hall–Kier alpha value is -0.870. The SMILES string of the molecule is C=CCNC(=O)C(C)NC1CCN2CCCC12. The minimum atomic E-state index is -0.111. The first-order valence-corrected chi connectivity index (χ1v) is 6.61. The van der Waals surface area contributed by atoms with Crippen molar-refractivity contribution in [2.24, 2.45) is 0 Å². The van der Waals surface area contributed by atoms with E-state index in [1.807, 2.05) is 6.92 Å². The summed E-state index contributed by atoms with van der Waals surface area (Å²) in [6.45, 7) is 8.50. The summed E-state index contributed by atoms with van der Waals surface area (Å²) in [5.41, 5.74) is 0. The maximum absolute atomic E-state index is 11.7. The van der Waals surface area contributed by atoms with Crippen LogP contribution in [0.3, 0.4) is 0 Å². The van der Waals surface area contributed by atoms with Gasteiger partial charge in [-0.2, -0.15) is 0 Å². The van der Waals surface area contributed by atoms with E-state index < -0.39 is 0 Å². The topological polar surface area (TPSA) is 44.4 Å². The summed E-state index contributed by atoms with van der Waals surface area (Å²) >= 11 is 0. The van der Waals surface area contributed by atoms with Crippen LogP contribution >= 0.6 is 0 Å². The van der Waals surface area contributed by atoms with Gasteiger partial charge in [-0.3, -0.25) is 9.69 Å². The Labute approximate surface area is 103 Å². The molecule has 2 heterocycles. The molecule has 2 aliphatic rings. The minimum Gasteiger partial charge on any atom is -0.351 e. The largest absolute Gasteiger partial charge is 0.351 e. The van der Waals surface area contributed by atoms with Crippen molar-refractivity contribution in [3.8, 4) is 0 Å². The molecule has 17 heavy (non-hydrogen) atoms. The lowest BCUT2D eigenvalue weighted by Gasteiger charge is -2.24. The molecule has 96 valence electrons. The fourth-order valence-corrected chi connectivity index (χ4v) is 3.00. The predicted octanol–water partition coefficient (Wildman–Crippen LogP) is 0.503. The highest BCUT2D eigenvalue weighted by atomic mass is 16.2. The Bertz CT molecular complexity index is 292. The predicted molar refractivity (Wildman–Crippen MR) is 68.8 cm³/mol. The Balaban J connectivity index is 1.80. The molecule has 0 aromatic carbocycles. The van der Waals surface area contributed by atoms with E-state index in [9.17, 15) is 4.79 Å². The van der Waals surface area contributed by atoms with E-state index in [4.69, 9.17) is 0 Å². The Morgan fingerprint density at radius 1 is 1.53 bits per heavy atom. The third-order valence-corrected chi connectivity index (χ3v) is 3.88. The van der Waals surface area contributed by atoms with Crippen molar-refractivity contribution in [2.75, 3.05) is 19.6 Å². The van der Waals surface area contributed by atoms with Crippen molar-refractivity contribution in [2.45, 2.75) is 44.3 Å². The van der Waals surface area contributed by atoms with Crippen LogP contribution in [0.4, 0.5) is 0 Å². The molecule has 3 atom stereocenters. The van der Waals surface area contributed by atoms with E-state index in [0.29, 0.717) is 18.6 Å². The van der Waals surface area contributed by atoms with Gasteiger partial charge in [0.1, 0.15) is 0 Å². The molecule has 2 N–H and O–H groups in total. The van der Waals surface area contributed by atoms with Crippen molar-refractivity contribution in [3.05, 3.63) is 12.7 Å². The monoisotopic (exact) mass is 237 g/mol. The lowest BCUT2D eigenvalue weighted by molar-refractivity contribution is -0.122. The van der Waals surface area contributed by atoms with Crippen molar-refractivity contribution in [1.29, 1.82) is 0 Å². The van der Waals surface area contributed by atoms with Gasteiger partial charge in [-0.05, 0) is 32.7 Å². The van der Waals surface area contributed by atoms with Gasteiger partial charge in [-0.15, -0.1) is 6.58 Å². The molecule has 2 aliphatic heterocycles. The van der Waals surface area contributed by atoms with Crippen LogP contribution in [-0.2, 0) is 4.79 Å². The van der Waals surface area contributed by atoms with Crippen LogP contribution in [0.15, 0.2) is 12.7 Å². The van der Waals surface area contributed by atoms with Crippen LogP contribution in [0, 0.1) is 0 Å². The van der Waals surface area contributed by atoms with Crippen molar-refractivity contribution < 1.29 is 4.79 Å². The highest BCUT2D eigenvalue weighted by Crippen LogP contribution is 2.28. The van der Waals surface area contributed by atoms with Gasteiger partial charge in [-0.1, -0.05) is 6.08 Å². The molecule has 0 aliphatic carbocycles. The van der Waals surface area contributed by atoms with Gasteiger partial charge in [0.05, 0.1) is 6.04 Å². The second-order valence-corrected chi connectivity index (χ2v) is 5.06. The summed E-state index contributed by atoms with van der Waals surface area (Å²) in [6, 6.07) is 1.03. The molecule has 4 heteroatoms. The standard InChI is InChI=1S/C13H23N3O/c1-3-7-14-13(17)10(2)15-11-6-9-16-8-4-5-12(11)16/h3,10-12,15H,1,4-9H2,2H3,(H,14,17). The van der Waals surface area contributed by atoms with E-state index in [2.05, 4.69) is 22.1 Å². The van der Waals surface area contributed by atoms with Crippen molar-refractivity contribution >= 4 is 5.91 Å². The number of hydrogen-bond acceptors (Lipinski definition) is 3. The zero-order chi connectivity index (χ0) is 12.3. The highest BCUT2D eigenvalue weighted by molar-refractivity contribution is 5.81. The molecule has 1 amide bonds. The lowest BCUT2D eigenvalue weighted by atomic mass is 10.1. The fraction of sp³-hybridized carbons (Fsp3) is 0.769. The van der Waals surface area contributed by atoms with Gasteiger partial charge in [-0.25, -0.2) is 0 Å². The van der Waals surface area contributed by atoms with Crippen LogP contribution in [0.1, 0.15) is 26.2 Å². The summed E-state index contributed by atoms with van der Waals surface area (Å²) < 4.78 is 0. The van der Waals surface area contributed by atoms with Gasteiger partial charge in [0, 0.05) is 25.2 Å². The summed E-state index contributed by atoms with van der Waals surface area (Å²) in [6.07, 6.45) is 5.46. The molecular formula is C13H23N3O. The molecule has 2 saturated heterocycles. The average molecular weight is 237 g/mol. The second-order valence-electron chi connectivity index (χ2n) is 5.06. The van der Waals surface area contributed by atoms with Crippen LogP contribution in [-0.4, -0.2) is 48.6 Å². The normalized spacial score (nSPS) is 29.9. The molecule has 0 aromatic heterocycles. The van der Waals surface area contributed by atoms with Crippen LogP contribution in [0.5, 0.6) is 0 Å². The maximum Gasteiger partial charge on any atom is 0.237 e. The van der Waals surface area contributed by atoms with Gasteiger partial charge < -0.3 is 10.6 Å². The van der Waals surface area contributed by atoms with E-state index in [1.165, 1.54) is 32.4 Å². The Morgan fingerprint density at radius 2 is 2.35 bits per heavy atom. The summed E-state index contributed by atoms with van der Waals surface area (Å²) in [5, 5.41) is 6.30. The van der Waals surface area contributed by atoms with E-state index in [-0.39, 0.29) is 11.9 Å². The Morgan fingerprint density at radius 3 is 3.12 bits per heavy atom. The number of nitrogens with one attached hydrogen (secondary N) is 2. The number of carbonyl (C=O) groups is 1. The first-order valence-electron chi connectivity index (χ1n) is 6.61. The highest BCUT2D eigenvalue weighted by Gasteiger charge is 2.37. The first-order chi connectivity index (χ1) is 8.22. The summed E-state index contributed by atoms with van der Waals surface area (Å²) in [5.74, 6) is 0.0707. The zero-order valence-electron chi connectivity index (χ0n) is 10.6. The molecule has 0 radical (unpaired) electrons. The number of hydrogen-bond donors (Lipinski definition) is 2. The van der Waals surface area contributed by atoms with Gasteiger partial charge in [0.25, 0.3) is 0 Å². The third kappa shape index (κ3) is 2.87. The van der Waals surface area contributed by atoms with Gasteiger partial charge >= 0.3 is 0 Å². The molecule has 2 fully saturated rings. The van der Waals surface area contributed by atoms with Gasteiger partial charge in [0.2, 0.25) is 5.91 Å². The number of fused-ring (bicyclic) bond motifs is 1. The molecule has 3 unspecified atom stereocenters. The number of amides is 1. The zero-order valence-corrected chi connectivity index (χ0v) is 10.6. The molecule has 0 saturated carbocycles. The minimum absolute atomic E-state index is 0.0707. The molecule has 2 rings (SSSR count). The first kappa shape index (κ1) is 12.6. The van der Waals surface area contributed by atoms with Gasteiger partial charge in [0.15, 0.2) is 0 Å². The average Bonchev–Trinajstić information content (AvgIpc) is 2.90. The molecular weight excluding hydrogens is 214 g/mol. The number of rotatable bonds is 5. The van der Waals surface area contributed by atoms with Crippen molar-refractivity contribution in [1.82, 2.24) is 15.5 Å². The molecule has 0 spiro atoms. The van der Waals surface area contributed by atoms with Crippen LogP contribution in [0.2, 0.25) is 0 Å². The number of nitrogens with zero attached hydrogens (tertiary/aromatic N) is 1. The van der Waals surface area contributed by atoms with Crippen LogP contribution < -0.4 is 10.6 Å². The third-order valence-electron chi connectivity index (χ3n) is 3.88. The van der Waals surface area contributed by atoms with Crippen LogP contribution in [0.25, 0.3) is 0 Å². The summed E-state index contributed by atoms with van der Waals surface area (Å²) in [7, 11) is 0. The molecule has 0 aromatic rings. The van der Waals surface area contributed by atoms with E-state index in [1.54, 1.807) is 6.08 Å². The van der Waals surface area contributed by atoms with E-state index in [0.717, 1.165) is 0 Å². The fourth-order valence-electron chi connectivity index (χ4n) is 3.00. The van der Waals surface area contributed by atoms with Crippen molar-refractivity contribution in [3.63, 3.8) is 0 Å². The Kier molecular flexibility index (Phi) is 4.18. The lowest BCUT2D eigenvalue weighted by Crippen LogP contribution is -2.49. The summed E-state index contributed by atoms with van der Waals surface area (Å²) in [4.78, 5) is 14.3. The maximum atomic E-state index is 11.7. The smallest absolute Gasteiger partial charge is 0.237 e. The second kappa shape index (κ2) is 5.65. The molecule has 0 bridgehead atoms. The van der Waals surface area contributed by atoms with E-state index >= 15 is 0 Å². The number of carbonyl (C=O) groups excluding carboxylic acids is 1. The molecule has 4 nitrogen and oxygen atoms in total. The quantitative estimate of drug-likeness (QED) is 0.685.